The molecule has 1 N–H and O–H groups in total. The number of unbranched alkanes of at least 4 members (excludes halogenated alkanes) is 1. The summed E-state index contributed by atoms with van der Waals surface area (Å²) in [5.74, 6) is 0.939. The average Bonchev–Trinajstić information content (AvgIpc) is 3.01. The summed E-state index contributed by atoms with van der Waals surface area (Å²) in [6, 6.07) is 14.1. The molecule has 4 heteroatoms. The summed E-state index contributed by atoms with van der Waals surface area (Å²) in [6.07, 6.45) is 7.18. The molecular formula is C26H33FN2O. The minimum atomic E-state index is -0.176. The zero-order chi connectivity index (χ0) is 20.8. The fraction of sp³-hybridized carbons (Fsp3) is 0.500. The molecule has 0 saturated carbocycles. The number of halogens is 1. The van der Waals surface area contributed by atoms with Crippen molar-refractivity contribution in [1.82, 2.24) is 10.2 Å². The predicted octanol–water partition coefficient (Wildman–Crippen LogP) is 4.49. The van der Waals surface area contributed by atoms with Crippen LogP contribution < -0.4 is 5.32 Å². The number of likely N-dealkylation sites (tertiary alicyclic amines) is 1. The minimum Gasteiger partial charge on any atom is -0.316 e. The van der Waals surface area contributed by atoms with E-state index >= 15 is 0 Å². The number of hydrogen-bond acceptors (Lipinski definition) is 3. The molecule has 0 bridgehead atoms. The van der Waals surface area contributed by atoms with Gasteiger partial charge in [-0.05, 0) is 98.0 Å². The molecule has 3 nitrogen and oxygen atoms in total. The molecule has 0 spiro atoms. The van der Waals surface area contributed by atoms with Crippen molar-refractivity contribution in [2.45, 2.75) is 51.0 Å². The highest BCUT2D eigenvalue weighted by Crippen LogP contribution is 2.37. The van der Waals surface area contributed by atoms with E-state index in [2.05, 4.69) is 28.4 Å². The van der Waals surface area contributed by atoms with Gasteiger partial charge in [-0.1, -0.05) is 30.3 Å². The van der Waals surface area contributed by atoms with Crippen LogP contribution in [0, 0.1) is 11.7 Å². The molecule has 2 aromatic rings. The van der Waals surface area contributed by atoms with Gasteiger partial charge in [0, 0.05) is 19.5 Å². The third kappa shape index (κ3) is 5.35. The molecule has 1 saturated heterocycles. The molecule has 30 heavy (non-hydrogen) atoms. The molecule has 2 aliphatic rings. The molecule has 160 valence electrons. The van der Waals surface area contributed by atoms with E-state index in [4.69, 9.17) is 0 Å². The summed E-state index contributed by atoms with van der Waals surface area (Å²) in [6.45, 7) is 5.08. The van der Waals surface area contributed by atoms with Gasteiger partial charge in [-0.15, -0.1) is 0 Å². The van der Waals surface area contributed by atoms with Gasteiger partial charge in [0.2, 0.25) is 0 Å². The highest BCUT2D eigenvalue weighted by molar-refractivity contribution is 5.49. The van der Waals surface area contributed by atoms with Crippen LogP contribution in [0.15, 0.2) is 42.5 Å². The van der Waals surface area contributed by atoms with Gasteiger partial charge in [-0.3, -0.25) is 4.90 Å². The largest absolute Gasteiger partial charge is 0.316 e. The third-order valence-corrected chi connectivity index (χ3v) is 6.86. The first-order chi connectivity index (χ1) is 14.7. The van der Waals surface area contributed by atoms with Crippen molar-refractivity contribution in [3.8, 4) is 0 Å². The van der Waals surface area contributed by atoms with Crippen LogP contribution in [0.2, 0.25) is 0 Å². The maximum absolute atomic E-state index is 13.3. The van der Waals surface area contributed by atoms with E-state index in [1.54, 1.807) is 12.1 Å². The second kappa shape index (κ2) is 10.3. The van der Waals surface area contributed by atoms with Crippen molar-refractivity contribution in [1.29, 1.82) is 0 Å². The van der Waals surface area contributed by atoms with Crippen LogP contribution in [0.25, 0.3) is 0 Å². The van der Waals surface area contributed by atoms with Gasteiger partial charge in [0.25, 0.3) is 0 Å². The summed E-state index contributed by atoms with van der Waals surface area (Å²) in [7, 11) is 0. The molecule has 0 amide bonds. The molecule has 0 aromatic heterocycles. The number of carbonyl (C=O) groups excluding carboxylic acids is 1. The zero-order valence-corrected chi connectivity index (χ0v) is 17.8. The van der Waals surface area contributed by atoms with Gasteiger partial charge < -0.3 is 10.1 Å². The van der Waals surface area contributed by atoms with E-state index in [1.807, 2.05) is 12.1 Å². The second-order valence-corrected chi connectivity index (χ2v) is 8.89. The van der Waals surface area contributed by atoms with Crippen LogP contribution in [0.3, 0.4) is 0 Å². The van der Waals surface area contributed by atoms with Crippen molar-refractivity contribution < 1.29 is 9.18 Å². The third-order valence-electron chi connectivity index (χ3n) is 6.86. The smallest absolute Gasteiger partial charge is 0.123 e. The van der Waals surface area contributed by atoms with E-state index in [-0.39, 0.29) is 5.82 Å². The summed E-state index contributed by atoms with van der Waals surface area (Å²) in [5.41, 5.74) is 5.61. The first kappa shape index (κ1) is 21.2. The van der Waals surface area contributed by atoms with Gasteiger partial charge in [0.15, 0.2) is 0 Å². The van der Waals surface area contributed by atoms with Crippen LogP contribution >= 0.6 is 0 Å². The Morgan fingerprint density at radius 2 is 1.87 bits per heavy atom. The number of carbonyl (C=O) groups is 1. The molecule has 2 heterocycles. The van der Waals surface area contributed by atoms with E-state index < -0.39 is 0 Å². The van der Waals surface area contributed by atoms with Crippen LogP contribution in [-0.2, 0) is 24.2 Å². The number of piperidine rings is 1. The highest BCUT2D eigenvalue weighted by Gasteiger charge is 2.30. The van der Waals surface area contributed by atoms with Gasteiger partial charge in [-0.2, -0.15) is 0 Å². The van der Waals surface area contributed by atoms with E-state index in [9.17, 15) is 9.18 Å². The number of nitrogens with zero attached hydrogens (tertiary/aromatic N) is 1. The summed E-state index contributed by atoms with van der Waals surface area (Å²) < 4.78 is 13.3. The van der Waals surface area contributed by atoms with Crippen LogP contribution in [0.5, 0.6) is 0 Å². The average molecular weight is 409 g/mol. The Morgan fingerprint density at radius 3 is 2.67 bits per heavy atom. The number of nitrogens with one attached hydrogen (secondary N) is 1. The molecule has 2 unspecified atom stereocenters. The van der Waals surface area contributed by atoms with Crippen molar-refractivity contribution in [2.24, 2.45) is 5.92 Å². The van der Waals surface area contributed by atoms with E-state index in [0.29, 0.717) is 18.3 Å². The maximum Gasteiger partial charge on any atom is 0.123 e. The van der Waals surface area contributed by atoms with Crippen LogP contribution in [0.1, 0.15) is 53.9 Å². The lowest BCUT2D eigenvalue weighted by Gasteiger charge is -2.39. The molecular weight excluding hydrogens is 375 g/mol. The standard InChI is InChI=1S/C26H33FN2O/c27-25-8-4-20(5-9-25)18-29-15-12-22(3-1-2-16-30)26(19-29)24-7-6-21-10-13-28-14-11-23(21)17-24/h4-9,16-17,22,26,28H,1-3,10-15,18-19H2. The van der Waals surface area contributed by atoms with Crippen molar-refractivity contribution >= 4 is 6.29 Å². The number of hydrogen-bond donors (Lipinski definition) is 1. The Morgan fingerprint density at radius 1 is 1.07 bits per heavy atom. The summed E-state index contributed by atoms with van der Waals surface area (Å²) in [5, 5.41) is 3.51. The second-order valence-electron chi connectivity index (χ2n) is 8.89. The van der Waals surface area contributed by atoms with Gasteiger partial charge >= 0.3 is 0 Å². The molecule has 2 atom stereocenters. The zero-order valence-electron chi connectivity index (χ0n) is 17.8. The number of aldehydes is 1. The highest BCUT2D eigenvalue weighted by atomic mass is 19.1. The van der Waals surface area contributed by atoms with Gasteiger partial charge in [0.05, 0.1) is 0 Å². The van der Waals surface area contributed by atoms with Crippen molar-refractivity contribution in [3.05, 3.63) is 70.5 Å². The lowest BCUT2D eigenvalue weighted by atomic mass is 9.77. The molecule has 0 radical (unpaired) electrons. The first-order valence-corrected chi connectivity index (χ1v) is 11.5. The van der Waals surface area contributed by atoms with E-state index in [0.717, 1.165) is 71.1 Å². The normalized spacial score (nSPS) is 22.3. The first-order valence-electron chi connectivity index (χ1n) is 11.5. The lowest BCUT2D eigenvalue weighted by molar-refractivity contribution is -0.108. The fourth-order valence-electron chi connectivity index (χ4n) is 5.17. The molecule has 2 aliphatic heterocycles. The van der Waals surface area contributed by atoms with Crippen molar-refractivity contribution in [3.63, 3.8) is 0 Å². The van der Waals surface area contributed by atoms with Gasteiger partial charge in [-0.25, -0.2) is 4.39 Å². The maximum atomic E-state index is 13.3. The fourth-order valence-corrected chi connectivity index (χ4v) is 5.17. The minimum absolute atomic E-state index is 0.176. The van der Waals surface area contributed by atoms with Gasteiger partial charge in [0.1, 0.15) is 12.1 Å². The Balaban J connectivity index is 1.52. The molecule has 4 rings (SSSR count). The molecule has 0 aliphatic carbocycles. The Kier molecular flexibility index (Phi) is 7.29. The summed E-state index contributed by atoms with van der Waals surface area (Å²) in [4.78, 5) is 13.3. The topological polar surface area (TPSA) is 32.3 Å². The monoisotopic (exact) mass is 408 g/mol. The van der Waals surface area contributed by atoms with Crippen molar-refractivity contribution in [2.75, 3.05) is 26.2 Å². The Hall–Kier alpha value is -2.04. The number of benzene rings is 2. The molecule has 1 fully saturated rings. The van der Waals surface area contributed by atoms with Crippen LogP contribution in [-0.4, -0.2) is 37.4 Å². The number of fused-ring (bicyclic) bond motifs is 1. The van der Waals surface area contributed by atoms with E-state index in [1.165, 1.54) is 22.3 Å². The SMILES string of the molecule is O=CCCCC1CCN(Cc2ccc(F)cc2)CC1c1ccc2c(c1)CCNCC2. The lowest BCUT2D eigenvalue weighted by Crippen LogP contribution is -2.39. The quantitative estimate of drug-likeness (QED) is 0.541. The Labute approximate surface area is 179 Å². The Bertz CT molecular complexity index is 835. The summed E-state index contributed by atoms with van der Waals surface area (Å²) >= 11 is 0. The number of rotatable bonds is 7. The molecule has 2 aromatic carbocycles. The van der Waals surface area contributed by atoms with Crippen LogP contribution in [0.4, 0.5) is 4.39 Å². The predicted molar refractivity (Wildman–Crippen MR) is 119 cm³/mol.